The van der Waals surface area contributed by atoms with Crippen molar-refractivity contribution in [1.29, 1.82) is 0 Å². The summed E-state index contributed by atoms with van der Waals surface area (Å²) in [5, 5.41) is 4.05. The maximum atomic E-state index is 11.8. The first-order valence-electron chi connectivity index (χ1n) is 5.24. The van der Waals surface area contributed by atoms with E-state index in [9.17, 15) is 9.59 Å². The van der Waals surface area contributed by atoms with E-state index >= 15 is 0 Å². The molecular weight excluding hydrogens is 236 g/mol. The Bertz CT molecular complexity index is 630. The number of methoxy groups -OCH3 is 2. The fourth-order valence-corrected chi connectivity index (χ4v) is 1.80. The van der Waals surface area contributed by atoms with Crippen LogP contribution in [0.1, 0.15) is 26.4 Å². The molecule has 0 aliphatic carbocycles. The Morgan fingerprint density at radius 1 is 1.22 bits per heavy atom. The van der Waals surface area contributed by atoms with Crippen LogP contribution < -0.4 is 0 Å². The predicted molar refractivity (Wildman–Crippen MR) is 62.6 cm³/mol. The molecule has 0 bridgehead atoms. The molecule has 94 valence electrons. The van der Waals surface area contributed by atoms with Crippen LogP contribution in [0.25, 0.3) is 5.52 Å². The van der Waals surface area contributed by atoms with E-state index in [0.29, 0.717) is 5.52 Å². The summed E-state index contributed by atoms with van der Waals surface area (Å²) in [4.78, 5) is 23.4. The molecule has 2 aromatic rings. The van der Waals surface area contributed by atoms with E-state index in [2.05, 4.69) is 9.84 Å². The molecule has 2 heterocycles. The Morgan fingerprint density at radius 3 is 2.50 bits per heavy atom. The number of carbonyl (C=O) groups is 2. The van der Waals surface area contributed by atoms with Gasteiger partial charge in [0.2, 0.25) is 0 Å². The van der Waals surface area contributed by atoms with Crippen LogP contribution in [0.3, 0.4) is 0 Å². The molecule has 0 aromatic carbocycles. The average Bonchev–Trinajstić information content (AvgIpc) is 2.77. The first-order chi connectivity index (χ1) is 8.60. The number of rotatable bonds is 2. The number of pyridine rings is 1. The lowest BCUT2D eigenvalue weighted by molar-refractivity contribution is 0.0553. The number of hydrogen-bond acceptors (Lipinski definition) is 5. The molecule has 0 N–H and O–H groups in total. The van der Waals surface area contributed by atoms with Crippen molar-refractivity contribution in [2.24, 2.45) is 0 Å². The van der Waals surface area contributed by atoms with Crippen molar-refractivity contribution in [2.45, 2.75) is 6.92 Å². The number of nitrogens with zero attached hydrogens (tertiary/aromatic N) is 2. The van der Waals surface area contributed by atoms with Crippen molar-refractivity contribution in [3.05, 3.63) is 35.2 Å². The van der Waals surface area contributed by atoms with Crippen LogP contribution in [0.5, 0.6) is 0 Å². The summed E-state index contributed by atoms with van der Waals surface area (Å²) < 4.78 is 10.8. The average molecular weight is 248 g/mol. The van der Waals surface area contributed by atoms with E-state index in [1.54, 1.807) is 12.3 Å². The number of aromatic nitrogens is 2. The van der Waals surface area contributed by atoms with E-state index < -0.39 is 11.9 Å². The second-order valence-corrected chi connectivity index (χ2v) is 3.69. The summed E-state index contributed by atoms with van der Waals surface area (Å²) >= 11 is 0. The molecule has 18 heavy (non-hydrogen) atoms. The highest BCUT2D eigenvalue weighted by Crippen LogP contribution is 2.21. The molecule has 0 aliphatic rings. The minimum atomic E-state index is -0.668. The highest BCUT2D eigenvalue weighted by Gasteiger charge is 2.26. The molecule has 0 amide bonds. The van der Waals surface area contributed by atoms with E-state index in [4.69, 9.17) is 4.74 Å². The fraction of sp³-hybridized carbons (Fsp3) is 0.250. The SMILES string of the molecule is COC(=O)c1nn2cccc(C)c2c1C(=O)OC. The molecule has 0 unspecified atom stereocenters. The normalized spacial score (nSPS) is 10.4. The predicted octanol–water partition coefficient (Wildman–Crippen LogP) is 1.22. The van der Waals surface area contributed by atoms with Gasteiger partial charge < -0.3 is 9.47 Å². The number of ether oxygens (including phenoxy) is 2. The van der Waals surface area contributed by atoms with Crippen molar-refractivity contribution in [2.75, 3.05) is 14.2 Å². The van der Waals surface area contributed by atoms with Gasteiger partial charge in [-0.2, -0.15) is 5.10 Å². The van der Waals surface area contributed by atoms with E-state index in [1.807, 2.05) is 13.0 Å². The Morgan fingerprint density at radius 2 is 1.89 bits per heavy atom. The van der Waals surface area contributed by atoms with Crippen LogP contribution in [-0.4, -0.2) is 35.8 Å². The smallest absolute Gasteiger partial charge is 0.359 e. The van der Waals surface area contributed by atoms with Gasteiger partial charge in [0.1, 0.15) is 5.56 Å². The van der Waals surface area contributed by atoms with Gasteiger partial charge in [0.25, 0.3) is 0 Å². The van der Waals surface area contributed by atoms with Gasteiger partial charge in [-0.1, -0.05) is 6.07 Å². The maximum Gasteiger partial charge on any atom is 0.359 e. The largest absolute Gasteiger partial charge is 0.465 e. The zero-order valence-corrected chi connectivity index (χ0v) is 10.3. The molecule has 0 fully saturated rings. The van der Waals surface area contributed by atoms with Crippen molar-refractivity contribution in [1.82, 2.24) is 9.61 Å². The van der Waals surface area contributed by atoms with Crippen molar-refractivity contribution < 1.29 is 19.1 Å². The van der Waals surface area contributed by atoms with Crippen LogP contribution in [-0.2, 0) is 9.47 Å². The van der Waals surface area contributed by atoms with E-state index in [-0.39, 0.29) is 11.3 Å². The summed E-state index contributed by atoms with van der Waals surface area (Å²) in [6.07, 6.45) is 1.65. The minimum absolute atomic E-state index is 0.0429. The topological polar surface area (TPSA) is 69.9 Å². The molecule has 0 saturated heterocycles. The summed E-state index contributed by atoms with van der Waals surface area (Å²) in [5.41, 5.74) is 1.45. The number of aryl methyl sites for hydroxylation is 1. The highest BCUT2D eigenvalue weighted by atomic mass is 16.5. The van der Waals surface area contributed by atoms with Gasteiger partial charge in [-0.3, -0.25) is 0 Å². The number of esters is 2. The van der Waals surface area contributed by atoms with Gasteiger partial charge in [-0.25, -0.2) is 14.1 Å². The molecule has 0 atom stereocenters. The number of carbonyl (C=O) groups excluding carboxylic acids is 2. The van der Waals surface area contributed by atoms with Gasteiger partial charge in [0.15, 0.2) is 5.69 Å². The van der Waals surface area contributed by atoms with E-state index in [0.717, 1.165) is 5.56 Å². The van der Waals surface area contributed by atoms with Crippen molar-refractivity contribution >= 4 is 17.5 Å². The number of fused-ring (bicyclic) bond motifs is 1. The van der Waals surface area contributed by atoms with Crippen LogP contribution >= 0.6 is 0 Å². The molecule has 6 nitrogen and oxygen atoms in total. The van der Waals surface area contributed by atoms with Crippen LogP contribution in [0.4, 0.5) is 0 Å². The summed E-state index contributed by atoms with van der Waals surface area (Å²) in [6.45, 7) is 1.82. The third kappa shape index (κ3) is 1.71. The Kier molecular flexibility index (Phi) is 3.01. The van der Waals surface area contributed by atoms with Crippen LogP contribution in [0.15, 0.2) is 18.3 Å². The van der Waals surface area contributed by atoms with Gasteiger partial charge in [0.05, 0.1) is 19.7 Å². The first-order valence-corrected chi connectivity index (χ1v) is 5.24. The molecule has 0 aliphatic heterocycles. The van der Waals surface area contributed by atoms with Crippen LogP contribution in [0.2, 0.25) is 0 Å². The summed E-state index contributed by atoms with van der Waals surface area (Å²) in [7, 11) is 2.49. The molecule has 6 heteroatoms. The Labute approximate surface area is 103 Å². The molecule has 0 spiro atoms. The van der Waals surface area contributed by atoms with Gasteiger partial charge in [-0.15, -0.1) is 0 Å². The molecule has 2 rings (SSSR count). The van der Waals surface area contributed by atoms with Crippen LogP contribution in [0, 0.1) is 6.92 Å². The highest BCUT2D eigenvalue weighted by molar-refractivity contribution is 6.07. The lowest BCUT2D eigenvalue weighted by Crippen LogP contribution is -2.10. The molecular formula is C12H12N2O4. The van der Waals surface area contributed by atoms with Crippen molar-refractivity contribution in [3.63, 3.8) is 0 Å². The quantitative estimate of drug-likeness (QED) is 0.747. The second-order valence-electron chi connectivity index (χ2n) is 3.69. The summed E-state index contributed by atoms with van der Waals surface area (Å²) in [6, 6.07) is 3.60. The van der Waals surface area contributed by atoms with Gasteiger partial charge in [-0.05, 0) is 18.6 Å². The minimum Gasteiger partial charge on any atom is -0.465 e. The zero-order chi connectivity index (χ0) is 13.3. The zero-order valence-electron chi connectivity index (χ0n) is 10.3. The Hall–Kier alpha value is -2.37. The van der Waals surface area contributed by atoms with Crippen molar-refractivity contribution in [3.8, 4) is 0 Å². The fourth-order valence-electron chi connectivity index (χ4n) is 1.80. The third-order valence-electron chi connectivity index (χ3n) is 2.63. The summed E-state index contributed by atoms with van der Waals surface area (Å²) in [5.74, 6) is -1.28. The van der Waals surface area contributed by atoms with Gasteiger partial charge in [0, 0.05) is 6.20 Å². The molecule has 2 aromatic heterocycles. The number of hydrogen-bond donors (Lipinski definition) is 0. The lowest BCUT2D eigenvalue weighted by atomic mass is 10.1. The maximum absolute atomic E-state index is 11.8. The van der Waals surface area contributed by atoms with E-state index in [1.165, 1.54) is 18.7 Å². The molecule has 0 saturated carbocycles. The monoisotopic (exact) mass is 248 g/mol. The lowest BCUT2D eigenvalue weighted by Gasteiger charge is -2.01. The van der Waals surface area contributed by atoms with Gasteiger partial charge >= 0.3 is 11.9 Å². The second kappa shape index (κ2) is 4.48. The Balaban J connectivity index is 2.82. The standard InChI is InChI=1S/C12H12N2O4/c1-7-5-4-6-14-10(7)8(11(15)17-2)9(13-14)12(16)18-3/h4-6H,1-3H3. The molecule has 0 radical (unpaired) electrons. The third-order valence-corrected chi connectivity index (χ3v) is 2.63. The first kappa shape index (κ1) is 12.1.